The Morgan fingerprint density at radius 2 is 2.00 bits per heavy atom. The summed E-state index contributed by atoms with van der Waals surface area (Å²) in [5.41, 5.74) is 1.24. The number of rotatable bonds is 3. The molecule has 1 fully saturated rings. The minimum absolute atomic E-state index is 0.422. The molecule has 18 heavy (non-hydrogen) atoms. The quantitative estimate of drug-likeness (QED) is 0.866. The van der Waals surface area contributed by atoms with Crippen LogP contribution in [-0.2, 0) is 0 Å². The van der Waals surface area contributed by atoms with Crippen molar-refractivity contribution in [1.82, 2.24) is 0 Å². The Morgan fingerprint density at radius 1 is 1.17 bits per heavy atom. The summed E-state index contributed by atoms with van der Waals surface area (Å²) in [6.07, 6.45) is 2.69. The van der Waals surface area contributed by atoms with Crippen LogP contribution < -0.4 is 5.32 Å². The number of fused-ring (bicyclic) bond motifs is 1. The number of benzene rings is 2. The summed E-state index contributed by atoms with van der Waals surface area (Å²) < 4.78 is 0.422. The fraction of sp³-hybridized carbons (Fsp3) is 0.375. The average Bonchev–Trinajstić information content (AvgIpc) is 2.84. The van der Waals surface area contributed by atoms with Crippen molar-refractivity contribution < 1.29 is 0 Å². The van der Waals surface area contributed by atoms with Gasteiger partial charge in [0.25, 0.3) is 0 Å². The lowest BCUT2D eigenvalue weighted by atomic mass is 10.1. The van der Waals surface area contributed by atoms with Gasteiger partial charge in [0.2, 0.25) is 0 Å². The zero-order chi connectivity index (χ0) is 12.4. The molecular weight excluding hydrogens is 238 g/mol. The van der Waals surface area contributed by atoms with E-state index in [1.54, 1.807) is 0 Å². The molecule has 0 bridgehead atoms. The lowest BCUT2D eigenvalue weighted by molar-refractivity contribution is 0.635. The number of hydrogen-bond donors (Lipinski definition) is 1. The van der Waals surface area contributed by atoms with Crippen LogP contribution in [0.15, 0.2) is 42.5 Å². The van der Waals surface area contributed by atoms with Crippen LogP contribution in [0.25, 0.3) is 10.8 Å². The molecule has 2 aromatic rings. The van der Waals surface area contributed by atoms with Crippen LogP contribution in [-0.4, -0.2) is 17.0 Å². The van der Waals surface area contributed by atoms with Gasteiger partial charge < -0.3 is 5.32 Å². The van der Waals surface area contributed by atoms with Crippen LogP contribution in [0.4, 0.5) is 5.69 Å². The van der Waals surface area contributed by atoms with Crippen LogP contribution in [0.2, 0.25) is 0 Å². The molecule has 3 rings (SSSR count). The van der Waals surface area contributed by atoms with E-state index in [-0.39, 0.29) is 0 Å². The van der Waals surface area contributed by atoms with Gasteiger partial charge in [0.05, 0.1) is 0 Å². The van der Waals surface area contributed by atoms with Crippen molar-refractivity contribution in [2.45, 2.75) is 24.5 Å². The molecular formula is C16H19NS. The summed E-state index contributed by atoms with van der Waals surface area (Å²) in [6, 6.07) is 15.1. The third kappa shape index (κ3) is 2.49. The molecule has 94 valence electrons. The predicted molar refractivity (Wildman–Crippen MR) is 82.5 cm³/mol. The Bertz CT molecular complexity index is 544. The van der Waals surface area contributed by atoms with E-state index in [2.05, 4.69) is 66.5 Å². The summed E-state index contributed by atoms with van der Waals surface area (Å²) >= 11 is 2.11. The van der Waals surface area contributed by atoms with Crippen molar-refractivity contribution in [1.29, 1.82) is 0 Å². The Hall–Kier alpha value is -1.15. The number of thioether (sulfide) groups is 1. The number of hydrogen-bond acceptors (Lipinski definition) is 2. The van der Waals surface area contributed by atoms with E-state index in [0.717, 1.165) is 6.54 Å². The van der Waals surface area contributed by atoms with Gasteiger partial charge in [-0.2, -0.15) is 11.8 Å². The minimum Gasteiger partial charge on any atom is -0.384 e. The standard InChI is InChI=1S/C16H19NS/c1-16(9-4-10-18-16)12-17-15-8-7-13-5-2-3-6-14(13)11-15/h2-3,5-8,11,17H,4,9-10,12H2,1H3. The summed E-state index contributed by atoms with van der Waals surface area (Å²) in [4.78, 5) is 0. The normalized spacial score (nSPS) is 23.4. The van der Waals surface area contributed by atoms with Crippen molar-refractivity contribution in [2.75, 3.05) is 17.6 Å². The van der Waals surface area contributed by atoms with E-state index in [0.29, 0.717) is 4.75 Å². The molecule has 1 saturated heterocycles. The van der Waals surface area contributed by atoms with E-state index in [9.17, 15) is 0 Å². The molecule has 1 aliphatic heterocycles. The Labute approximate surface area is 113 Å². The molecule has 0 amide bonds. The fourth-order valence-corrected chi connectivity index (χ4v) is 3.81. The highest BCUT2D eigenvalue weighted by atomic mass is 32.2. The summed E-state index contributed by atoms with van der Waals surface area (Å²) in [5.74, 6) is 1.32. The molecule has 0 aliphatic carbocycles. The molecule has 1 heterocycles. The van der Waals surface area contributed by atoms with E-state index in [4.69, 9.17) is 0 Å². The Kier molecular flexibility index (Phi) is 3.21. The number of nitrogens with one attached hydrogen (secondary N) is 1. The molecule has 0 saturated carbocycles. The van der Waals surface area contributed by atoms with Gasteiger partial charge in [0.1, 0.15) is 0 Å². The maximum absolute atomic E-state index is 3.60. The monoisotopic (exact) mass is 257 g/mol. The van der Waals surface area contributed by atoms with Gasteiger partial charge in [-0.1, -0.05) is 30.3 Å². The largest absolute Gasteiger partial charge is 0.384 e. The first-order chi connectivity index (χ1) is 8.75. The van der Waals surface area contributed by atoms with Crippen LogP contribution >= 0.6 is 11.8 Å². The number of anilines is 1. The van der Waals surface area contributed by atoms with Crippen LogP contribution in [0, 0.1) is 0 Å². The smallest absolute Gasteiger partial charge is 0.0347 e. The molecule has 1 unspecified atom stereocenters. The Balaban J connectivity index is 1.74. The van der Waals surface area contributed by atoms with Crippen LogP contribution in [0.3, 0.4) is 0 Å². The third-order valence-corrected chi connectivity index (χ3v) is 5.25. The first-order valence-electron chi connectivity index (χ1n) is 6.62. The maximum Gasteiger partial charge on any atom is 0.0347 e. The highest BCUT2D eigenvalue weighted by Gasteiger charge is 2.28. The topological polar surface area (TPSA) is 12.0 Å². The average molecular weight is 257 g/mol. The van der Waals surface area contributed by atoms with Gasteiger partial charge in [0, 0.05) is 17.0 Å². The van der Waals surface area contributed by atoms with E-state index in [1.165, 1.54) is 35.1 Å². The first-order valence-corrected chi connectivity index (χ1v) is 7.60. The zero-order valence-corrected chi connectivity index (χ0v) is 11.6. The van der Waals surface area contributed by atoms with E-state index >= 15 is 0 Å². The van der Waals surface area contributed by atoms with Gasteiger partial charge >= 0.3 is 0 Å². The van der Waals surface area contributed by atoms with Gasteiger partial charge in [0.15, 0.2) is 0 Å². The zero-order valence-electron chi connectivity index (χ0n) is 10.8. The van der Waals surface area contributed by atoms with Crippen LogP contribution in [0.5, 0.6) is 0 Å². The van der Waals surface area contributed by atoms with Gasteiger partial charge in [-0.15, -0.1) is 0 Å². The second kappa shape index (κ2) is 4.85. The molecule has 1 nitrogen and oxygen atoms in total. The van der Waals surface area contributed by atoms with E-state index in [1.807, 2.05) is 0 Å². The molecule has 1 aliphatic rings. The summed E-state index contributed by atoms with van der Waals surface area (Å²) in [6.45, 7) is 3.44. The fourth-order valence-electron chi connectivity index (χ4n) is 2.56. The van der Waals surface area contributed by atoms with Crippen molar-refractivity contribution in [3.63, 3.8) is 0 Å². The van der Waals surface area contributed by atoms with Crippen molar-refractivity contribution >= 4 is 28.2 Å². The second-order valence-electron chi connectivity index (χ2n) is 5.32. The van der Waals surface area contributed by atoms with Gasteiger partial charge in [-0.25, -0.2) is 0 Å². The molecule has 2 aromatic carbocycles. The summed E-state index contributed by atoms with van der Waals surface area (Å²) in [7, 11) is 0. The third-order valence-electron chi connectivity index (χ3n) is 3.72. The highest BCUT2D eigenvalue weighted by molar-refractivity contribution is 8.00. The predicted octanol–water partition coefficient (Wildman–Crippen LogP) is 4.54. The van der Waals surface area contributed by atoms with Gasteiger partial charge in [-0.05, 0) is 48.4 Å². The minimum atomic E-state index is 0.422. The Morgan fingerprint density at radius 3 is 2.78 bits per heavy atom. The molecule has 0 radical (unpaired) electrons. The highest BCUT2D eigenvalue weighted by Crippen LogP contribution is 2.37. The first kappa shape index (κ1) is 11.9. The molecule has 0 aromatic heterocycles. The second-order valence-corrected chi connectivity index (χ2v) is 7.00. The van der Waals surface area contributed by atoms with Gasteiger partial charge in [-0.3, -0.25) is 0 Å². The molecule has 0 spiro atoms. The molecule has 2 heteroatoms. The SMILES string of the molecule is CC1(CNc2ccc3ccccc3c2)CCCS1. The van der Waals surface area contributed by atoms with E-state index < -0.39 is 0 Å². The van der Waals surface area contributed by atoms with Crippen molar-refractivity contribution in [3.8, 4) is 0 Å². The lowest BCUT2D eigenvalue weighted by Gasteiger charge is -2.23. The summed E-state index contributed by atoms with van der Waals surface area (Å²) in [5, 5.41) is 6.22. The maximum atomic E-state index is 3.60. The lowest BCUT2D eigenvalue weighted by Crippen LogP contribution is -2.26. The van der Waals surface area contributed by atoms with Crippen molar-refractivity contribution in [2.24, 2.45) is 0 Å². The van der Waals surface area contributed by atoms with Crippen molar-refractivity contribution in [3.05, 3.63) is 42.5 Å². The van der Waals surface area contributed by atoms with Crippen LogP contribution in [0.1, 0.15) is 19.8 Å². The molecule has 1 N–H and O–H groups in total. The molecule has 1 atom stereocenters.